The van der Waals surface area contributed by atoms with Crippen LogP contribution >= 0.6 is 0 Å². The second-order valence-electron chi connectivity index (χ2n) is 5.12. The lowest BCUT2D eigenvalue weighted by Crippen LogP contribution is -2.13. The fourth-order valence-corrected chi connectivity index (χ4v) is 2.69. The van der Waals surface area contributed by atoms with Gasteiger partial charge in [-0.3, -0.25) is 4.57 Å². The third-order valence-electron chi connectivity index (χ3n) is 3.82. The van der Waals surface area contributed by atoms with Crippen LogP contribution in [0.1, 0.15) is 30.2 Å². The van der Waals surface area contributed by atoms with Gasteiger partial charge in [-0.15, -0.1) is 10.2 Å². The second-order valence-corrected chi connectivity index (χ2v) is 5.12. The Morgan fingerprint density at radius 2 is 2.10 bits per heavy atom. The summed E-state index contributed by atoms with van der Waals surface area (Å²) >= 11 is 0. The van der Waals surface area contributed by atoms with Crippen molar-refractivity contribution in [3.8, 4) is 5.69 Å². The number of benzene rings is 1. The molecule has 106 valence electrons. The molecule has 3 heterocycles. The van der Waals surface area contributed by atoms with Gasteiger partial charge in [0.25, 0.3) is 0 Å². The molecule has 0 saturated carbocycles. The first-order valence-electron chi connectivity index (χ1n) is 6.92. The molecule has 0 fully saturated rings. The van der Waals surface area contributed by atoms with Crippen LogP contribution in [0, 0.1) is 0 Å². The minimum absolute atomic E-state index is 0.0555. The summed E-state index contributed by atoms with van der Waals surface area (Å²) in [5, 5.41) is 8.68. The highest BCUT2D eigenvalue weighted by Gasteiger charge is 2.23. The van der Waals surface area contributed by atoms with E-state index in [1.165, 1.54) is 0 Å². The summed E-state index contributed by atoms with van der Waals surface area (Å²) in [5.41, 5.74) is 2.24. The van der Waals surface area contributed by atoms with Crippen molar-refractivity contribution in [3.63, 3.8) is 0 Å². The molecule has 0 bridgehead atoms. The van der Waals surface area contributed by atoms with E-state index in [9.17, 15) is 0 Å². The molecule has 0 spiro atoms. The molecule has 0 N–H and O–H groups in total. The number of ether oxygens (including phenoxy) is 1. The van der Waals surface area contributed by atoms with E-state index >= 15 is 0 Å². The molecule has 0 amide bonds. The summed E-state index contributed by atoms with van der Waals surface area (Å²) in [7, 11) is 0. The minimum atomic E-state index is 0.0555. The van der Waals surface area contributed by atoms with Crippen molar-refractivity contribution in [3.05, 3.63) is 60.2 Å². The van der Waals surface area contributed by atoms with Crippen LogP contribution in [0.4, 0.5) is 0 Å². The van der Waals surface area contributed by atoms with Crippen LogP contribution in [-0.4, -0.2) is 24.3 Å². The van der Waals surface area contributed by atoms with Crippen molar-refractivity contribution in [1.82, 2.24) is 24.3 Å². The van der Waals surface area contributed by atoms with Crippen molar-refractivity contribution in [1.29, 1.82) is 0 Å². The number of nitrogens with zero attached hydrogens (tertiary/aromatic N) is 5. The van der Waals surface area contributed by atoms with Crippen LogP contribution in [0.15, 0.2) is 43.0 Å². The quantitative estimate of drug-likeness (QED) is 0.722. The fraction of sp³-hybridized carbons (Fsp3) is 0.267. The van der Waals surface area contributed by atoms with Crippen LogP contribution in [-0.2, 0) is 18.0 Å². The SMILES string of the molecule is CC(c1nnc2n1-c1ccccc1COC2)n1ccnc1. The van der Waals surface area contributed by atoms with Gasteiger partial charge in [-0.2, -0.15) is 0 Å². The molecule has 4 rings (SSSR count). The van der Waals surface area contributed by atoms with E-state index in [2.05, 4.69) is 38.8 Å². The van der Waals surface area contributed by atoms with Crippen molar-refractivity contribution in [2.75, 3.05) is 0 Å². The highest BCUT2D eigenvalue weighted by Crippen LogP contribution is 2.26. The van der Waals surface area contributed by atoms with Gasteiger partial charge in [0.15, 0.2) is 11.6 Å². The summed E-state index contributed by atoms with van der Waals surface area (Å²) < 4.78 is 9.81. The maximum atomic E-state index is 5.69. The Morgan fingerprint density at radius 3 is 2.95 bits per heavy atom. The zero-order valence-corrected chi connectivity index (χ0v) is 11.7. The topological polar surface area (TPSA) is 57.8 Å². The van der Waals surface area contributed by atoms with Crippen molar-refractivity contribution in [2.45, 2.75) is 26.2 Å². The summed E-state index contributed by atoms with van der Waals surface area (Å²) in [5.74, 6) is 1.72. The molecule has 1 atom stereocenters. The first kappa shape index (κ1) is 12.3. The molecule has 3 aromatic rings. The summed E-state index contributed by atoms with van der Waals surface area (Å²) in [6.45, 7) is 3.16. The largest absolute Gasteiger partial charge is 0.369 e. The number of imidazole rings is 1. The summed E-state index contributed by atoms with van der Waals surface area (Å²) in [6, 6.07) is 8.27. The lowest BCUT2D eigenvalue weighted by molar-refractivity contribution is 0.105. The van der Waals surface area contributed by atoms with Gasteiger partial charge in [0.1, 0.15) is 6.61 Å². The summed E-state index contributed by atoms with van der Waals surface area (Å²) in [4.78, 5) is 4.11. The molecular formula is C15H15N5O. The highest BCUT2D eigenvalue weighted by molar-refractivity contribution is 5.43. The lowest BCUT2D eigenvalue weighted by Gasteiger charge is -2.16. The number of aromatic nitrogens is 5. The molecule has 0 radical (unpaired) electrons. The van der Waals surface area contributed by atoms with Crippen LogP contribution in [0.5, 0.6) is 0 Å². The normalized spacial score (nSPS) is 15.1. The Morgan fingerprint density at radius 1 is 1.19 bits per heavy atom. The standard InChI is InChI=1S/C15H15N5O/c1-11(19-7-6-16-10-19)15-18-17-14-9-21-8-12-4-2-3-5-13(12)20(14)15/h2-7,10-11H,8-9H2,1H3. The molecule has 6 nitrogen and oxygen atoms in total. The summed E-state index contributed by atoms with van der Waals surface area (Å²) in [6.07, 6.45) is 5.50. The van der Waals surface area contributed by atoms with E-state index in [4.69, 9.17) is 4.74 Å². The van der Waals surface area contributed by atoms with Crippen molar-refractivity contribution < 1.29 is 4.74 Å². The zero-order valence-electron chi connectivity index (χ0n) is 11.7. The van der Waals surface area contributed by atoms with E-state index in [-0.39, 0.29) is 6.04 Å². The molecule has 1 unspecified atom stereocenters. The highest BCUT2D eigenvalue weighted by atomic mass is 16.5. The van der Waals surface area contributed by atoms with E-state index < -0.39 is 0 Å². The van der Waals surface area contributed by atoms with Gasteiger partial charge in [-0.05, 0) is 13.0 Å². The predicted octanol–water partition coefficient (Wildman–Crippen LogP) is 2.10. The van der Waals surface area contributed by atoms with Gasteiger partial charge in [0, 0.05) is 18.0 Å². The average Bonchev–Trinajstić information content (AvgIpc) is 3.14. The van der Waals surface area contributed by atoms with Gasteiger partial charge >= 0.3 is 0 Å². The fourth-order valence-electron chi connectivity index (χ4n) is 2.69. The Balaban J connectivity index is 1.89. The van der Waals surface area contributed by atoms with E-state index in [0.29, 0.717) is 13.2 Å². The molecule has 1 aliphatic heterocycles. The second kappa shape index (κ2) is 4.82. The third-order valence-corrected chi connectivity index (χ3v) is 3.82. The van der Waals surface area contributed by atoms with Gasteiger partial charge in [-0.25, -0.2) is 4.98 Å². The molecule has 1 aliphatic rings. The van der Waals surface area contributed by atoms with E-state index in [1.54, 1.807) is 12.5 Å². The van der Waals surface area contributed by atoms with Gasteiger partial charge in [-0.1, -0.05) is 18.2 Å². The number of hydrogen-bond donors (Lipinski definition) is 0. The van der Waals surface area contributed by atoms with Crippen LogP contribution in [0.2, 0.25) is 0 Å². The number of hydrogen-bond acceptors (Lipinski definition) is 4. The monoisotopic (exact) mass is 281 g/mol. The average molecular weight is 281 g/mol. The molecule has 0 saturated heterocycles. The first-order chi connectivity index (χ1) is 10.3. The Hall–Kier alpha value is -2.47. The van der Waals surface area contributed by atoms with Gasteiger partial charge in [0.2, 0.25) is 0 Å². The lowest BCUT2D eigenvalue weighted by atomic mass is 10.2. The van der Waals surface area contributed by atoms with Gasteiger partial charge in [0.05, 0.1) is 24.7 Å². The zero-order chi connectivity index (χ0) is 14.2. The Kier molecular flexibility index (Phi) is 2.82. The third kappa shape index (κ3) is 1.95. The van der Waals surface area contributed by atoms with E-state index in [1.807, 2.05) is 22.9 Å². The van der Waals surface area contributed by atoms with Crippen LogP contribution < -0.4 is 0 Å². The van der Waals surface area contributed by atoms with E-state index in [0.717, 1.165) is 22.9 Å². The molecule has 21 heavy (non-hydrogen) atoms. The van der Waals surface area contributed by atoms with Crippen molar-refractivity contribution in [2.24, 2.45) is 0 Å². The molecule has 1 aromatic carbocycles. The Bertz CT molecular complexity index is 762. The maximum absolute atomic E-state index is 5.69. The van der Waals surface area contributed by atoms with Crippen molar-refractivity contribution >= 4 is 0 Å². The molecule has 2 aromatic heterocycles. The number of para-hydroxylation sites is 1. The number of rotatable bonds is 2. The van der Waals surface area contributed by atoms with Crippen LogP contribution in [0.25, 0.3) is 5.69 Å². The van der Waals surface area contributed by atoms with Gasteiger partial charge < -0.3 is 9.30 Å². The Labute approximate surface area is 122 Å². The minimum Gasteiger partial charge on any atom is -0.369 e. The first-order valence-corrected chi connectivity index (χ1v) is 6.92. The number of fused-ring (bicyclic) bond motifs is 3. The maximum Gasteiger partial charge on any atom is 0.163 e. The smallest absolute Gasteiger partial charge is 0.163 e. The molecule has 6 heteroatoms. The molecular weight excluding hydrogens is 266 g/mol. The predicted molar refractivity (Wildman–Crippen MR) is 75.9 cm³/mol. The van der Waals surface area contributed by atoms with Crippen LogP contribution in [0.3, 0.4) is 0 Å². The molecule has 0 aliphatic carbocycles.